The summed E-state index contributed by atoms with van der Waals surface area (Å²) in [6.07, 6.45) is 4.42. The van der Waals surface area contributed by atoms with Crippen LogP contribution in [0.5, 0.6) is 0 Å². The summed E-state index contributed by atoms with van der Waals surface area (Å²) in [6.45, 7) is 1.70. The number of amides is 1. The molecular formula is C11H15NO4S. The summed E-state index contributed by atoms with van der Waals surface area (Å²) in [7, 11) is -3.56. The van der Waals surface area contributed by atoms with Crippen molar-refractivity contribution in [1.29, 1.82) is 0 Å². The number of nitrogens with one attached hydrogen (secondary N) is 1. The Kier molecular flexibility index (Phi) is 3.24. The zero-order valence-electron chi connectivity index (χ0n) is 9.60. The number of carbonyl (C=O) groups is 1. The van der Waals surface area contributed by atoms with Crippen LogP contribution in [0.2, 0.25) is 0 Å². The monoisotopic (exact) mass is 257 g/mol. The third-order valence-electron chi connectivity index (χ3n) is 3.04. The summed E-state index contributed by atoms with van der Waals surface area (Å²) in [4.78, 5) is 11.7. The first kappa shape index (κ1) is 12.2. The predicted molar refractivity (Wildman–Crippen MR) is 62.1 cm³/mol. The normalized spacial score (nSPS) is 17.2. The zero-order chi connectivity index (χ0) is 12.5. The highest BCUT2D eigenvalue weighted by molar-refractivity contribution is 7.90. The molecular weight excluding hydrogens is 242 g/mol. The maximum atomic E-state index is 11.9. The Balaban J connectivity index is 2.11. The molecule has 1 heterocycles. The van der Waals surface area contributed by atoms with Crippen LogP contribution in [0.15, 0.2) is 16.7 Å². The van der Waals surface area contributed by atoms with Gasteiger partial charge in [0.25, 0.3) is 0 Å². The molecule has 1 amide bonds. The standard InChI is InChI=1S/C11H15NO4S/c1-8-6-7-16-10(8)11(13)12-17(14,15)9-4-2-3-5-9/h6-7,9H,2-5H2,1H3,(H,12,13). The van der Waals surface area contributed by atoms with E-state index in [-0.39, 0.29) is 5.76 Å². The van der Waals surface area contributed by atoms with E-state index >= 15 is 0 Å². The van der Waals surface area contributed by atoms with E-state index in [2.05, 4.69) is 4.72 Å². The molecule has 2 rings (SSSR count). The molecule has 5 nitrogen and oxygen atoms in total. The van der Waals surface area contributed by atoms with Gasteiger partial charge in [0.05, 0.1) is 11.5 Å². The second kappa shape index (κ2) is 4.52. The first-order valence-corrected chi connectivity index (χ1v) is 7.15. The molecule has 0 unspecified atom stereocenters. The summed E-state index contributed by atoms with van der Waals surface area (Å²) in [5, 5.41) is -0.443. The smallest absolute Gasteiger partial charge is 0.300 e. The Labute approximate surface area is 100 Å². The van der Waals surface area contributed by atoms with Crippen molar-refractivity contribution in [3.05, 3.63) is 23.7 Å². The lowest BCUT2D eigenvalue weighted by Gasteiger charge is -2.11. The zero-order valence-corrected chi connectivity index (χ0v) is 10.4. The highest BCUT2D eigenvalue weighted by atomic mass is 32.2. The second-order valence-electron chi connectivity index (χ2n) is 4.32. The topological polar surface area (TPSA) is 76.4 Å². The molecule has 1 fully saturated rings. The third kappa shape index (κ3) is 2.52. The van der Waals surface area contributed by atoms with Gasteiger partial charge in [0, 0.05) is 5.56 Å². The van der Waals surface area contributed by atoms with Gasteiger partial charge < -0.3 is 4.42 Å². The second-order valence-corrected chi connectivity index (χ2v) is 6.28. The van der Waals surface area contributed by atoms with Gasteiger partial charge in [0.2, 0.25) is 10.0 Å². The van der Waals surface area contributed by atoms with Crippen LogP contribution < -0.4 is 4.72 Å². The number of hydrogen-bond acceptors (Lipinski definition) is 4. The molecule has 0 spiro atoms. The Morgan fingerprint density at radius 3 is 2.59 bits per heavy atom. The first-order chi connectivity index (χ1) is 8.00. The van der Waals surface area contributed by atoms with Crippen molar-refractivity contribution in [3.8, 4) is 0 Å². The van der Waals surface area contributed by atoms with Crippen molar-refractivity contribution in [2.45, 2.75) is 37.9 Å². The fourth-order valence-corrected chi connectivity index (χ4v) is 3.53. The average molecular weight is 257 g/mol. The van der Waals surface area contributed by atoms with Crippen molar-refractivity contribution in [1.82, 2.24) is 4.72 Å². The van der Waals surface area contributed by atoms with Crippen LogP contribution in [-0.2, 0) is 10.0 Å². The molecule has 0 aliphatic heterocycles. The van der Waals surface area contributed by atoms with Crippen LogP contribution in [0.3, 0.4) is 0 Å². The lowest BCUT2D eigenvalue weighted by atomic mass is 10.3. The SMILES string of the molecule is Cc1ccoc1C(=O)NS(=O)(=O)C1CCCC1. The van der Waals surface area contributed by atoms with Crippen molar-refractivity contribution < 1.29 is 17.6 Å². The maximum Gasteiger partial charge on any atom is 0.300 e. The molecule has 0 saturated heterocycles. The van der Waals surface area contributed by atoms with Gasteiger partial charge in [-0.2, -0.15) is 0 Å². The van der Waals surface area contributed by atoms with E-state index < -0.39 is 21.2 Å². The molecule has 1 saturated carbocycles. The molecule has 1 aromatic heterocycles. The summed E-state index contributed by atoms with van der Waals surface area (Å²) >= 11 is 0. The van der Waals surface area contributed by atoms with Crippen LogP contribution >= 0.6 is 0 Å². The maximum absolute atomic E-state index is 11.9. The molecule has 94 valence electrons. The summed E-state index contributed by atoms with van der Waals surface area (Å²) in [6, 6.07) is 1.62. The van der Waals surface area contributed by atoms with Gasteiger partial charge in [0.1, 0.15) is 0 Å². The number of aryl methyl sites for hydroxylation is 1. The average Bonchev–Trinajstić information content (AvgIpc) is 2.85. The summed E-state index contributed by atoms with van der Waals surface area (Å²) in [5.41, 5.74) is 0.629. The first-order valence-electron chi connectivity index (χ1n) is 5.61. The molecule has 0 radical (unpaired) electrons. The van der Waals surface area contributed by atoms with Gasteiger partial charge in [-0.15, -0.1) is 0 Å². The van der Waals surface area contributed by atoms with E-state index in [0.717, 1.165) is 12.8 Å². The third-order valence-corrected chi connectivity index (χ3v) is 4.86. The number of sulfonamides is 1. The quantitative estimate of drug-likeness (QED) is 0.892. The molecule has 6 heteroatoms. The van der Waals surface area contributed by atoms with E-state index in [0.29, 0.717) is 18.4 Å². The lowest BCUT2D eigenvalue weighted by Crippen LogP contribution is -2.37. The summed E-state index contributed by atoms with van der Waals surface area (Å²) < 4.78 is 30.8. The molecule has 1 aromatic rings. The van der Waals surface area contributed by atoms with Gasteiger partial charge in [-0.05, 0) is 25.8 Å². The molecule has 0 aromatic carbocycles. The molecule has 17 heavy (non-hydrogen) atoms. The summed E-state index contributed by atoms with van der Waals surface area (Å²) in [5.74, 6) is -0.619. The van der Waals surface area contributed by atoms with E-state index in [1.807, 2.05) is 0 Å². The number of furan rings is 1. The van der Waals surface area contributed by atoms with Gasteiger partial charge in [-0.3, -0.25) is 4.79 Å². The fraction of sp³-hybridized carbons (Fsp3) is 0.545. The van der Waals surface area contributed by atoms with E-state index in [4.69, 9.17) is 4.42 Å². The number of carbonyl (C=O) groups excluding carboxylic acids is 1. The van der Waals surface area contributed by atoms with Crippen LogP contribution in [-0.4, -0.2) is 19.6 Å². The molecule has 0 atom stereocenters. The van der Waals surface area contributed by atoms with Crippen LogP contribution in [0, 0.1) is 6.92 Å². The Hall–Kier alpha value is -1.30. The van der Waals surface area contributed by atoms with E-state index in [1.165, 1.54) is 6.26 Å². The minimum absolute atomic E-state index is 0.0616. The van der Waals surface area contributed by atoms with E-state index in [9.17, 15) is 13.2 Å². The largest absolute Gasteiger partial charge is 0.459 e. The van der Waals surface area contributed by atoms with Crippen molar-refractivity contribution >= 4 is 15.9 Å². The van der Waals surface area contributed by atoms with Crippen molar-refractivity contribution in [3.63, 3.8) is 0 Å². The van der Waals surface area contributed by atoms with Gasteiger partial charge >= 0.3 is 5.91 Å². The molecule has 1 N–H and O–H groups in total. The van der Waals surface area contributed by atoms with Crippen LogP contribution in [0.25, 0.3) is 0 Å². The molecule has 0 bridgehead atoms. The van der Waals surface area contributed by atoms with Crippen molar-refractivity contribution in [2.24, 2.45) is 0 Å². The fourth-order valence-electron chi connectivity index (χ4n) is 2.06. The number of hydrogen-bond donors (Lipinski definition) is 1. The van der Waals surface area contributed by atoms with Crippen LogP contribution in [0.4, 0.5) is 0 Å². The minimum atomic E-state index is -3.56. The van der Waals surface area contributed by atoms with Crippen molar-refractivity contribution in [2.75, 3.05) is 0 Å². The Morgan fingerprint density at radius 2 is 2.06 bits per heavy atom. The predicted octanol–water partition coefficient (Wildman–Crippen LogP) is 1.59. The highest BCUT2D eigenvalue weighted by Crippen LogP contribution is 2.24. The molecule has 1 aliphatic rings. The van der Waals surface area contributed by atoms with Crippen LogP contribution in [0.1, 0.15) is 41.8 Å². The Bertz CT molecular complexity index is 511. The Morgan fingerprint density at radius 1 is 1.41 bits per heavy atom. The lowest BCUT2D eigenvalue weighted by molar-refractivity contribution is 0.0953. The van der Waals surface area contributed by atoms with Gasteiger partial charge in [0.15, 0.2) is 5.76 Å². The molecule has 1 aliphatic carbocycles. The highest BCUT2D eigenvalue weighted by Gasteiger charge is 2.31. The minimum Gasteiger partial charge on any atom is -0.459 e. The van der Waals surface area contributed by atoms with E-state index in [1.54, 1.807) is 13.0 Å². The van der Waals surface area contributed by atoms with Gasteiger partial charge in [-0.25, -0.2) is 13.1 Å². The van der Waals surface area contributed by atoms with Gasteiger partial charge in [-0.1, -0.05) is 12.8 Å². The number of rotatable bonds is 3.